The maximum atomic E-state index is 13.0. The van der Waals surface area contributed by atoms with Gasteiger partial charge in [0.05, 0.1) is 17.1 Å². The number of hydrogen-bond acceptors (Lipinski definition) is 7. The normalized spacial score (nSPS) is 25.3. The van der Waals surface area contributed by atoms with E-state index in [1.807, 2.05) is 0 Å². The van der Waals surface area contributed by atoms with Crippen molar-refractivity contribution in [2.75, 3.05) is 39.3 Å². The lowest BCUT2D eigenvalue weighted by molar-refractivity contribution is -0.387. The number of nitro groups is 1. The van der Waals surface area contributed by atoms with Crippen LogP contribution in [0.1, 0.15) is 13.8 Å². The predicted molar refractivity (Wildman–Crippen MR) is 109 cm³/mol. The van der Waals surface area contributed by atoms with Crippen molar-refractivity contribution < 1.29 is 26.5 Å². The van der Waals surface area contributed by atoms with Crippen LogP contribution in [0, 0.1) is 10.1 Å². The Labute approximate surface area is 180 Å². The molecule has 2 heterocycles. The minimum atomic E-state index is -4.19. The Kier molecular flexibility index (Phi) is 6.72. The number of hydrogen-bond donors (Lipinski definition) is 0. The molecule has 3 rings (SSSR count). The first-order chi connectivity index (χ1) is 13.9. The third-order valence-corrected chi connectivity index (χ3v) is 9.12. The van der Waals surface area contributed by atoms with Crippen molar-refractivity contribution in [3.8, 4) is 0 Å². The van der Waals surface area contributed by atoms with Gasteiger partial charge in [-0.25, -0.2) is 8.42 Å². The average Bonchev–Trinajstić information content (AvgIpc) is 2.67. The molecule has 0 radical (unpaired) electrons. The highest BCUT2D eigenvalue weighted by Gasteiger charge is 2.40. The van der Waals surface area contributed by atoms with Crippen LogP contribution in [0.15, 0.2) is 23.1 Å². The molecule has 1 aromatic rings. The molecule has 2 aliphatic rings. The molecule has 0 saturated carbocycles. The number of sulfonamides is 1. The summed E-state index contributed by atoms with van der Waals surface area (Å²) in [4.78, 5) is 10.0. The van der Waals surface area contributed by atoms with Gasteiger partial charge in [0.25, 0.3) is 15.9 Å². The third-order valence-electron chi connectivity index (χ3n) is 4.97. The minimum Gasteiger partial charge on any atom is -0.373 e. The summed E-state index contributed by atoms with van der Waals surface area (Å²) in [6.07, 6.45) is -0.480. The molecule has 2 atom stereocenters. The summed E-state index contributed by atoms with van der Waals surface area (Å²) in [5, 5.41) is 11.3. The van der Waals surface area contributed by atoms with E-state index in [2.05, 4.69) is 0 Å². The molecule has 0 N–H and O–H groups in total. The summed E-state index contributed by atoms with van der Waals surface area (Å²) in [5.74, 6) is 0. The Morgan fingerprint density at radius 1 is 1.00 bits per heavy atom. The van der Waals surface area contributed by atoms with Crippen LogP contribution < -0.4 is 0 Å². The molecular weight excluding hydrogens is 460 g/mol. The second kappa shape index (κ2) is 8.65. The highest BCUT2D eigenvalue weighted by atomic mass is 35.5. The SMILES string of the molecule is CC1CN(S(=O)(=O)N2CCN(S(=O)(=O)c3ccc(Cl)cc3[N+](=O)[O-])CC2)CC(C)O1. The summed E-state index contributed by atoms with van der Waals surface area (Å²) in [7, 11) is -7.96. The molecular formula is C16H23ClN4O7S2. The Morgan fingerprint density at radius 2 is 1.53 bits per heavy atom. The summed E-state index contributed by atoms with van der Waals surface area (Å²) >= 11 is 5.76. The van der Waals surface area contributed by atoms with Crippen LogP contribution in [0.4, 0.5) is 5.69 Å². The summed E-state index contributed by atoms with van der Waals surface area (Å²) in [6.45, 7) is 3.70. The largest absolute Gasteiger partial charge is 0.373 e. The maximum Gasteiger partial charge on any atom is 0.290 e. The van der Waals surface area contributed by atoms with E-state index in [4.69, 9.17) is 16.3 Å². The summed E-state index contributed by atoms with van der Waals surface area (Å²) in [5.41, 5.74) is -0.617. The van der Waals surface area contributed by atoms with Crippen LogP contribution in [0.5, 0.6) is 0 Å². The van der Waals surface area contributed by atoms with Crippen LogP contribution in [-0.4, -0.2) is 86.2 Å². The number of benzene rings is 1. The van der Waals surface area contributed by atoms with E-state index in [0.29, 0.717) is 0 Å². The molecule has 0 aromatic heterocycles. The van der Waals surface area contributed by atoms with Crippen LogP contribution in [-0.2, 0) is 25.0 Å². The van der Waals surface area contributed by atoms with Crippen molar-refractivity contribution in [2.24, 2.45) is 0 Å². The van der Waals surface area contributed by atoms with E-state index in [-0.39, 0.29) is 56.5 Å². The van der Waals surface area contributed by atoms with Gasteiger partial charge in [-0.3, -0.25) is 10.1 Å². The van der Waals surface area contributed by atoms with Crippen molar-refractivity contribution in [3.05, 3.63) is 33.3 Å². The molecule has 2 fully saturated rings. The Morgan fingerprint density at radius 3 is 2.07 bits per heavy atom. The number of nitrogens with zero attached hydrogens (tertiary/aromatic N) is 4. The van der Waals surface area contributed by atoms with E-state index in [9.17, 15) is 26.9 Å². The molecule has 0 spiro atoms. The number of ether oxygens (including phenoxy) is 1. The van der Waals surface area contributed by atoms with Gasteiger partial charge in [0.1, 0.15) is 0 Å². The third kappa shape index (κ3) is 4.61. The van der Waals surface area contributed by atoms with Crippen LogP contribution in [0.25, 0.3) is 0 Å². The van der Waals surface area contributed by atoms with E-state index in [1.54, 1.807) is 13.8 Å². The first-order valence-corrected chi connectivity index (χ1v) is 12.5. The lowest BCUT2D eigenvalue weighted by Crippen LogP contribution is -2.57. The highest BCUT2D eigenvalue weighted by Crippen LogP contribution is 2.30. The van der Waals surface area contributed by atoms with Crippen molar-refractivity contribution in [1.29, 1.82) is 0 Å². The van der Waals surface area contributed by atoms with E-state index in [0.717, 1.165) is 16.4 Å². The van der Waals surface area contributed by atoms with Gasteiger partial charge in [-0.15, -0.1) is 0 Å². The van der Waals surface area contributed by atoms with Gasteiger partial charge in [-0.05, 0) is 26.0 Å². The molecule has 14 heteroatoms. The fourth-order valence-electron chi connectivity index (χ4n) is 3.61. The van der Waals surface area contributed by atoms with Gasteiger partial charge in [0.2, 0.25) is 10.0 Å². The number of nitro benzene ring substituents is 1. The van der Waals surface area contributed by atoms with Crippen molar-refractivity contribution >= 4 is 37.5 Å². The molecule has 11 nitrogen and oxygen atoms in total. The van der Waals surface area contributed by atoms with Gasteiger partial charge in [-0.1, -0.05) is 11.6 Å². The van der Waals surface area contributed by atoms with Crippen LogP contribution >= 0.6 is 11.6 Å². The number of halogens is 1. The van der Waals surface area contributed by atoms with E-state index >= 15 is 0 Å². The lowest BCUT2D eigenvalue weighted by Gasteiger charge is -2.39. The quantitative estimate of drug-likeness (QED) is 0.450. The highest BCUT2D eigenvalue weighted by molar-refractivity contribution is 7.89. The van der Waals surface area contributed by atoms with Crippen molar-refractivity contribution in [1.82, 2.24) is 12.9 Å². The Hall–Kier alpha value is -1.35. The van der Waals surface area contributed by atoms with Gasteiger partial charge in [0, 0.05) is 50.4 Å². The summed E-state index contributed by atoms with van der Waals surface area (Å²) in [6, 6.07) is 3.34. The zero-order valence-corrected chi connectivity index (χ0v) is 18.9. The molecule has 2 aliphatic heterocycles. The van der Waals surface area contributed by atoms with Gasteiger partial charge in [0.15, 0.2) is 4.90 Å². The van der Waals surface area contributed by atoms with Crippen molar-refractivity contribution in [2.45, 2.75) is 31.0 Å². The maximum absolute atomic E-state index is 13.0. The molecule has 0 amide bonds. The first-order valence-electron chi connectivity index (χ1n) is 9.27. The molecule has 2 unspecified atom stereocenters. The minimum absolute atomic E-state index is 0.0468. The topological polar surface area (TPSA) is 130 Å². The Bertz CT molecular complexity index is 1020. The lowest BCUT2D eigenvalue weighted by atomic mass is 10.3. The molecule has 2 saturated heterocycles. The smallest absolute Gasteiger partial charge is 0.290 e. The van der Waals surface area contributed by atoms with E-state index < -0.39 is 35.7 Å². The fourth-order valence-corrected chi connectivity index (χ4v) is 7.09. The molecule has 0 bridgehead atoms. The monoisotopic (exact) mass is 482 g/mol. The van der Waals surface area contributed by atoms with Gasteiger partial charge >= 0.3 is 0 Å². The second-order valence-corrected chi connectivity index (χ2v) is 11.5. The second-order valence-electron chi connectivity index (χ2n) is 7.25. The van der Waals surface area contributed by atoms with Crippen LogP contribution in [0.2, 0.25) is 5.02 Å². The zero-order valence-electron chi connectivity index (χ0n) is 16.5. The van der Waals surface area contributed by atoms with Gasteiger partial charge < -0.3 is 4.74 Å². The van der Waals surface area contributed by atoms with E-state index in [1.165, 1.54) is 14.7 Å². The zero-order chi connectivity index (χ0) is 22.3. The molecule has 30 heavy (non-hydrogen) atoms. The van der Waals surface area contributed by atoms with Gasteiger partial charge in [-0.2, -0.15) is 21.3 Å². The Balaban J connectivity index is 1.76. The van der Waals surface area contributed by atoms with Crippen LogP contribution in [0.3, 0.4) is 0 Å². The standard InChI is InChI=1S/C16H23ClN4O7S2/c1-12-10-20(11-13(2)28-12)30(26,27)19-7-5-18(6-8-19)29(24,25)16-4-3-14(17)9-15(16)21(22)23/h3-4,9,12-13H,5-8,10-11H2,1-2H3. The summed E-state index contributed by atoms with van der Waals surface area (Å²) < 4.78 is 61.0. The molecule has 1 aromatic carbocycles. The van der Waals surface area contributed by atoms with Crippen molar-refractivity contribution in [3.63, 3.8) is 0 Å². The average molecular weight is 483 g/mol. The number of piperazine rings is 1. The predicted octanol–water partition coefficient (Wildman–Crippen LogP) is 0.909. The molecule has 168 valence electrons. The number of morpholine rings is 1. The fraction of sp³-hybridized carbons (Fsp3) is 0.625. The molecule has 0 aliphatic carbocycles. The first kappa shape index (κ1) is 23.3. The number of rotatable bonds is 5.